The van der Waals surface area contributed by atoms with E-state index < -0.39 is 20.5 Å². The summed E-state index contributed by atoms with van der Waals surface area (Å²) in [7, 11) is -1.76. The van der Waals surface area contributed by atoms with E-state index in [1.165, 1.54) is 21.9 Å². The van der Waals surface area contributed by atoms with E-state index in [0.29, 0.717) is 17.5 Å². The maximum absolute atomic E-state index is 12.7. The lowest BCUT2D eigenvalue weighted by Gasteiger charge is -2.40. The quantitative estimate of drug-likeness (QED) is 0.382. The second-order valence-electron chi connectivity index (χ2n) is 8.29. The van der Waals surface area contributed by atoms with E-state index in [1.54, 1.807) is 12.3 Å². The van der Waals surface area contributed by atoms with Gasteiger partial charge in [0.05, 0.1) is 6.54 Å². The molecule has 1 aromatic heterocycles. The number of carbonyl (C=O) groups is 2. The molecule has 0 aromatic carbocycles. The molecule has 2 N–H and O–H groups in total. The van der Waals surface area contributed by atoms with Gasteiger partial charge in [0.25, 0.3) is 5.91 Å². The van der Waals surface area contributed by atoms with Crippen LogP contribution in [0.15, 0.2) is 12.3 Å². The van der Waals surface area contributed by atoms with Crippen LogP contribution < -0.4 is 5.48 Å². The summed E-state index contributed by atoms with van der Waals surface area (Å²) in [6.45, 7) is 4.61. The number of hydroxylamine groups is 1. The first-order valence-electron chi connectivity index (χ1n) is 9.84. The molecule has 0 radical (unpaired) electrons. The number of nitrogens with one attached hydrogen (secondary N) is 1. The number of rotatable bonds is 5. The van der Waals surface area contributed by atoms with Crippen molar-refractivity contribution in [2.75, 3.05) is 26.4 Å². The van der Waals surface area contributed by atoms with Crippen molar-refractivity contribution in [1.82, 2.24) is 19.8 Å². The molecule has 31 heavy (non-hydrogen) atoms. The minimum atomic E-state index is -3.82. The van der Waals surface area contributed by atoms with Gasteiger partial charge in [-0.25, -0.2) is 18.7 Å². The van der Waals surface area contributed by atoms with Crippen molar-refractivity contribution in [2.45, 2.75) is 37.6 Å². The van der Waals surface area contributed by atoms with Crippen LogP contribution in [-0.4, -0.2) is 77.1 Å². The molecule has 10 heteroatoms. The zero-order valence-electron chi connectivity index (χ0n) is 18.0. The Balaban J connectivity index is 1.63. The molecule has 1 aromatic rings. The molecule has 0 spiro atoms. The molecule has 166 valence electrons. The average Bonchev–Trinajstić information content (AvgIpc) is 3.25. The lowest BCUT2D eigenvalue weighted by Crippen LogP contribution is -2.51. The summed E-state index contributed by atoms with van der Waals surface area (Å²) in [5.74, 6) is 11.1. The summed E-state index contributed by atoms with van der Waals surface area (Å²) in [4.78, 5) is 28.3. The maximum atomic E-state index is 12.7. The van der Waals surface area contributed by atoms with E-state index in [4.69, 9.17) is 5.21 Å². The minimum Gasteiger partial charge on any atom is -0.318 e. The second kappa shape index (κ2) is 8.39. The number of hydrogen-bond acceptors (Lipinski definition) is 6. The summed E-state index contributed by atoms with van der Waals surface area (Å²) in [5.41, 5.74) is 2.81. The summed E-state index contributed by atoms with van der Waals surface area (Å²) in [6.07, 6.45) is 2.41. The Labute approximate surface area is 182 Å². The first-order chi connectivity index (χ1) is 14.5. The van der Waals surface area contributed by atoms with Crippen LogP contribution in [0.1, 0.15) is 31.5 Å². The molecule has 9 nitrogen and oxygen atoms in total. The largest absolute Gasteiger partial charge is 0.328 e. The molecule has 0 saturated carbocycles. The van der Waals surface area contributed by atoms with Gasteiger partial charge in [0.2, 0.25) is 0 Å². The fourth-order valence-corrected chi connectivity index (χ4v) is 4.44. The van der Waals surface area contributed by atoms with E-state index in [-0.39, 0.29) is 25.5 Å². The van der Waals surface area contributed by atoms with Gasteiger partial charge in [-0.3, -0.25) is 14.6 Å². The summed E-state index contributed by atoms with van der Waals surface area (Å²) in [5, 5.41) is 8.90. The van der Waals surface area contributed by atoms with E-state index in [1.807, 2.05) is 0 Å². The molecular formula is C21H26N4O5S. The van der Waals surface area contributed by atoms with Crippen LogP contribution in [0.4, 0.5) is 4.79 Å². The highest BCUT2D eigenvalue weighted by Gasteiger charge is 2.44. The van der Waals surface area contributed by atoms with E-state index in [9.17, 15) is 18.0 Å². The smallest absolute Gasteiger partial charge is 0.318 e. The SMILES string of the molecule is C[C@@H]1[C@H](C#CC#Cc2cc3n(c2)C(=O)N(CC[C@](C)(C(=O)NO)S(C)(=O)=O)C3)CN1C. The Bertz CT molecular complexity index is 1130. The van der Waals surface area contributed by atoms with Gasteiger partial charge < -0.3 is 9.80 Å². The summed E-state index contributed by atoms with van der Waals surface area (Å²) >= 11 is 0. The number of sulfone groups is 1. The van der Waals surface area contributed by atoms with E-state index >= 15 is 0 Å². The minimum absolute atomic E-state index is 0.0397. The lowest BCUT2D eigenvalue weighted by molar-refractivity contribution is -0.131. The van der Waals surface area contributed by atoms with Crippen molar-refractivity contribution in [2.24, 2.45) is 5.92 Å². The van der Waals surface area contributed by atoms with Gasteiger partial charge in [-0.1, -0.05) is 11.8 Å². The zero-order chi connectivity index (χ0) is 23.0. The summed E-state index contributed by atoms with van der Waals surface area (Å²) < 4.78 is 23.8. The van der Waals surface area contributed by atoms with Crippen molar-refractivity contribution in [3.63, 3.8) is 0 Å². The fourth-order valence-electron chi connectivity index (χ4n) is 3.60. The van der Waals surface area contributed by atoms with E-state index in [0.717, 1.165) is 18.5 Å². The molecule has 3 atom stereocenters. The normalized spacial score (nSPS) is 22.4. The van der Waals surface area contributed by atoms with Gasteiger partial charge in [-0.2, -0.15) is 0 Å². The van der Waals surface area contributed by atoms with Gasteiger partial charge >= 0.3 is 6.03 Å². The number of likely N-dealkylation sites (tertiary alicyclic amines) is 1. The molecule has 0 unspecified atom stereocenters. The summed E-state index contributed by atoms with van der Waals surface area (Å²) in [6, 6.07) is 1.91. The Kier molecular flexibility index (Phi) is 6.19. The number of aromatic nitrogens is 1. The Morgan fingerprint density at radius 3 is 2.65 bits per heavy atom. The van der Waals surface area contributed by atoms with Crippen LogP contribution in [0.2, 0.25) is 0 Å². The van der Waals surface area contributed by atoms with Gasteiger partial charge in [-0.15, -0.1) is 0 Å². The molecule has 0 aliphatic carbocycles. The average molecular weight is 447 g/mol. The van der Waals surface area contributed by atoms with Crippen LogP contribution in [0, 0.1) is 29.6 Å². The third kappa shape index (κ3) is 4.33. The first kappa shape index (κ1) is 22.9. The number of hydrogen-bond donors (Lipinski definition) is 2. The lowest BCUT2D eigenvalue weighted by atomic mass is 9.91. The van der Waals surface area contributed by atoms with Crippen LogP contribution in [0.3, 0.4) is 0 Å². The standard InChI is InChI=1S/C21H26N4O5S/c1-15-17(13-23(15)3)8-6-5-7-16-11-18-14-24(20(27)25(18)12-16)10-9-21(2,19(26)22-28)31(4,29)30/h11-12,15,17,28H,9-10,13-14H2,1-4H3,(H,22,26)/t15-,17-,21-/m1/s1. The number of nitrogens with zero attached hydrogens (tertiary/aromatic N) is 3. The topological polar surface area (TPSA) is 112 Å². The number of amides is 2. The Morgan fingerprint density at radius 1 is 1.39 bits per heavy atom. The Hall–Kier alpha value is -2.79. The molecule has 2 aliphatic heterocycles. The molecule has 1 saturated heterocycles. The highest BCUT2D eigenvalue weighted by atomic mass is 32.2. The third-order valence-electron chi connectivity index (χ3n) is 6.28. The van der Waals surface area contributed by atoms with Gasteiger partial charge in [0.1, 0.15) is 0 Å². The first-order valence-corrected chi connectivity index (χ1v) is 11.7. The van der Waals surface area contributed by atoms with Crippen molar-refractivity contribution in [3.8, 4) is 23.7 Å². The highest BCUT2D eigenvalue weighted by molar-refractivity contribution is 7.92. The number of fused-ring (bicyclic) bond motifs is 1. The highest BCUT2D eigenvalue weighted by Crippen LogP contribution is 2.25. The Morgan fingerprint density at radius 2 is 2.10 bits per heavy atom. The van der Waals surface area contributed by atoms with Crippen molar-refractivity contribution < 1.29 is 23.2 Å². The van der Waals surface area contributed by atoms with Crippen LogP contribution in [0.25, 0.3) is 0 Å². The van der Waals surface area contributed by atoms with Crippen LogP contribution >= 0.6 is 0 Å². The molecule has 1 fully saturated rings. The number of carbonyl (C=O) groups excluding carboxylic acids is 2. The molecule has 2 aliphatic rings. The molecule has 2 amide bonds. The fraction of sp³-hybridized carbons (Fsp3) is 0.524. The van der Waals surface area contributed by atoms with Crippen molar-refractivity contribution >= 4 is 21.8 Å². The van der Waals surface area contributed by atoms with Crippen molar-refractivity contribution in [3.05, 3.63) is 23.5 Å². The van der Waals surface area contributed by atoms with Crippen LogP contribution in [-0.2, 0) is 21.2 Å². The van der Waals surface area contributed by atoms with Crippen molar-refractivity contribution in [1.29, 1.82) is 0 Å². The van der Waals surface area contributed by atoms with Gasteiger partial charge in [-0.05, 0) is 45.2 Å². The van der Waals surface area contributed by atoms with Gasteiger partial charge in [0.15, 0.2) is 14.6 Å². The van der Waals surface area contributed by atoms with Crippen LogP contribution in [0.5, 0.6) is 0 Å². The van der Waals surface area contributed by atoms with Gasteiger partial charge in [0, 0.05) is 48.8 Å². The maximum Gasteiger partial charge on any atom is 0.328 e. The molecule has 3 heterocycles. The second-order valence-corrected chi connectivity index (χ2v) is 10.7. The molecule has 3 rings (SSSR count). The van der Waals surface area contributed by atoms with E-state index in [2.05, 4.69) is 42.6 Å². The molecule has 0 bridgehead atoms. The third-order valence-corrected chi connectivity index (χ3v) is 8.30. The predicted octanol–water partition coefficient (Wildman–Crippen LogP) is 0.276. The monoisotopic (exact) mass is 446 g/mol. The zero-order valence-corrected chi connectivity index (χ0v) is 18.8. The predicted molar refractivity (Wildman–Crippen MR) is 114 cm³/mol. The molecular weight excluding hydrogens is 420 g/mol.